The van der Waals surface area contributed by atoms with E-state index in [4.69, 9.17) is 4.74 Å². The fourth-order valence-electron chi connectivity index (χ4n) is 7.32. The van der Waals surface area contributed by atoms with Gasteiger partial charge in [0.05, 0.1) is 30.3 Å². The topological polar surface area (TPSA) is 125 Å². The average Bonchev–Trinajstić information content (AvgIpc) is 3.92. The summed E-state index contributed by atoms with van der Waals surface area (Å²) in [7, 11) is 3.45. The van der Waals surface area contributed by atoms with E-state index >= 15 is 0 Å². The molecule has 2 fully saturated rings. The molecule has 0 aliphatic carbocycles. The zero-order chi connectivity index (χ0) is 32.8. The first kappa shape index (κ1) is 30.0. The van der Waals surface area contributed by atoms with Gasteiger partial charge in [0.15, 0.2) is 5.82 Å². The number of rotatable bonds is 7. The molecule has 8 rings (SSSR count). The Morgan fingerprint density at radius 1 is 1.02 bits per heavy atom. The van der Waals surface area contributed by atoms with E-state index in [1.165, 1.54) is 5.57 Å². The number of nitrogens with one attached hydrogen (secondary N) is 1. The summed E-state index contributed by atoms with van der Waals surface area (Å²) in [5.41, 5.74) is 6.07. The van der Waals surface area contributed by atoms with Crippen molar-refractivity contribution in [1.82, 2.24) is 39.7 Å². The molecule has 1 N–H and O–H groups in total. The minimum absolute atomic E-state index is 0.116. The Kier molecular flexibility index (Phi) is 7.51. The summed E-state index contributed by atoms with van der Waals surface area (Å²) >= 11 is 0. The Balaban J connectivity index is 0.897. The number of amides is 2. The van der Waals surface area contributed by atoms with Crippen LogP contribution in [0.15, 0.2) is 73.1 Å². The average molecular weight is 644 g/mol. The van der Waals surface area contributed by atoms with Gasteiger partial charge in [-0.25, -0.2) is 9.97 Å². The van der Waals surface area contributed by atoms with E-state index in [-0.39, 0.29) is 11.8 Å². The van der Waals surface area contributed by atoms with Gasteiger partial charge in [-0.15, -0.1) is 0 Å². The molecule has 3 aliphatic rings. The summed E-state index contributed by atoms with van der Waals surface area (Å²) in [5, 5.41) is 12.9. The molecular formula is C36H37N9O3. The van der Waals surface area contributed by atoms with Gasteiger partial charge in [0.1, 0.15) is 12.0 Å². The van der Waals surface area contributed by atoms with Crippen molar-refractivity contribution in [1.29, 1.82) is 0 Å². The van der Waals surface area contributed by atoms with E-state index < -0.39 is 5.41 Å². The molecular weight excluding hydrogens is 606 g/mol. The molecule has 2 aromatic carbocycles. The number of hydrogen-bond donors (Lipinski definition) is 1. The molecule has 3 aliphatic heterocycles. The number of anilines is 1. The molecule has 0 saturated carbocycles. The summed E-state index contributed by atoms with van der Waals surface area (Å²) in [6.45, 7) is 3.60. The monoisotopic (exact) mass is 643 g/mol. The van der Waals surface area contributed by atoms with E-state index in [0.29, 0.717) is 55.8 Å². The van der Waals surface area contributed by atoms with Crippen LogP contribution in [0.5, 0.6) is 5.88 Å². The van der Waals surface area contributed by atoms with Crippen molar-refractivity contribution in [2.45, 2.75) is 19.3 Å². The van der Waals surface area contributed by atoms with Crippen LogP contribution in [-0.4, -0.2) is 97.9 Å². The van der Waals surface area contributed by atoms with Crippen molar-refractivity contribution < 1.29 is 14.3 Å². The lowest BCUT2D eigenvalue weighted by atomic mass is 9.85. The SMILES string of the molecule is COc1cccc(-c2n[nH]c3ccc(N4CC[C@]5(CCN(CC(=O)N6CC=C(c7ccc(-c8ncn(C)n8)cc7)CC6)C5)C4=O)cc23)n1. The van der Waals surface area contributed by atoms with E-state index in [0.717, 1.165) is 53.5 Å². The van der Waals surface area contributed by atoms with Gasteiger partial charge < -0.3 is 14.5 Å². The zero-order valence-electron chi connectivity index (χ0n) is 27.1. The van der Waals surface area contributed by atoms with Crippen LogP contribution in [0.4, 0.5) is 5.69 Å². The molecule has 48 heavy (non-hydrogen) atoms. The van der Waals surface area contributed by atoms with E-state index in [2.05, 4.69) is 48.4 Å². The molecule has 3 aromatic heterocycles. The van der Waals surface area contributed by atoms with Gasteiger partial charge in [-0.2, -0.15) is 10.2 Å². The van der Waals surface area contributed by atoms with Gasteiger partial charge in [0.2, 0.25) is 17.7 Å². The molecule has 5 aromatic rings. The third-order valence-electron chi connectivity index (χ3n) is 10.0. The normalized spacial score (nSPS) is 19.9. The number of hydrogen-bond acceptors (Lipinski definition) is 8. The molecule has 12 nitrogen and oxygen atoms in total. The van der Waals surface area contributed by atoms with Crippen LogP contribution in [0, 0.1) is 5.41 Å². The highest BCUT2D eigenvalue weighted by atomic mass is 16.5. The number of nitrogens with zero attached hydrogens (tertiary/aromatic N) is 8. The first-order valence-electron chi connectivity index (χ1n) is 16.4. The number of pyridine rings is 1. The first-order chi connectivity index (χ1) is 23.4. The second kappa shape index (κ2) is 12.0. The fraction of sp³-hybridized carbons (Fsp3) is 0.333. The smallest absolute Gasteiger partial charge is 0.237 e. The molecule has 244 valence electrons. The third kappa shape index (κ3) is 5.41. The number of carbonyl (C=O) groups is 2. The lowest BCUT2D eigenvalue weighted by Gasteiger charge is -2.29. The molecule has 0 bridgehead atoms. The largest absolute Gasteiger partial charge is 0.481 e. The van der Waals surface area contributed by atoms with Gasteiger partial charge in [-0.3, -0.25) is 24.3 Å². The molecule has 12 heteroatoms. The van der Waals surface area contributed by atoms with Crippen LogP contribution in [0.25, 0.3) is 39.3 Å². The van der Waals surface area contributed by atoms with Crippen LogP contribution >= 0.6 is 0 Å². The Bertz CT molecular complexity index is 2050. The van der Waals surface area contributed by atoms with Gasteiger partial charge in [-0.1, -0.05) is 36.4 Å². The van der Waals surface area contributed by atoms with Crippen LogP contribution < -0.4 is 9.64 Å². The highest BCUT2D eigenvalue weighted by Gasteiger charge is 2.51. The van der Waals surface area contributed by atoms with E-state index in [1.54, 1.807) is 24.2 Å². The number of H-pyrrole nitrogens is 1. The predicted molar refractivity (Wildman–Crippen MR) is 182 cm³/mol. The summed E-state index contributed by atoms with van der Waals surface area (Å²) < 4.78 is 7.00. The number of likely N-dealkylation sites (tertiary alicyclic amines) is 1. The molecule has 2 saturated heterocycles. The summed E-state index contributed by atoms with van der Waals surface area (Å²) in [5.74, 6) is 1.48. The molecule has 1 spiro atoms. The minimum atomic E-state index is -0.464. The Hall–Kier alpha value is -5.36. The summed E-state index contributed by atoms with van der Waals surface area (Å²) in [6.07, 6.45) is 6.20. The maximum Gasteiger partial charge on any atom is 0.237 e. The predicted octanol–water partition coefficient (Wildman–Crippen LogP) is 4.17. The van der Waals surface area contributed by atoms with Crippen molar-refractivity contribution in [2.24, 2.45) is 12.5 Å². The van der Waals surface area contributed by atoms with Gasteiger partial charge in [0.25, 0.3) is 0 Å². The lowest BCUT2D eigenvalue weighted by molar-refractivity contribution is -0.132. The lowest BCUT2D eigenvalue weighted by Crippen LogP contribution is -2.43. The number of fused-ring (bicyclic) bond motifs is 1. The summed E-state index contributed by atoms with van der Waals surface area (Å²) in [6, 6.07) is 19.8. The van der Waals surface area contributed by atoms with Gasteiger partial charge in [-0.05, 0) is 61.2 Å². The van der Waals surface area contributed by atoms with Crippen molar-refractivity contribution in [2.75, 3.05) is 51.3 Å². The zero-order valence-corrected chi connectivity index (χ0v) is 27.1. The van der Waals surface area contributed by atoms with E-state index in [9.17, 15) is 9.59 Å². The highest BCUT2D eigenvalue weighted by molar-refractivity contribution is 6.03. The molecule has 2 amide bonds. The Morgan fingerprint density at radius 2 is 1.85 bits per heavy atom. The third-order valence-corrected chi connectivity index (χ3v) is 10.0. The Labute approximate surface area is 278 Å². The highest BCUT2D eigenvalue weighted by Crippen LogP contribution is 2.43. The number of aryl methyl sites for hydroxylation is 1. The first-order valence-corrected chi connectivity index (χ1v) is 16.4. The number of ether oxygens (including phenoxy) is 1. The number of aromatic nitrogens is 6. The maximum absolute atomic E-state index is 14.0. The number of aromatic amines is 1. The fourth-order valence-corrected chi connectivity index (χ4v) is 7.32. The number of benzene rings is 2. The second-order valence-electron chi connectivity index (χ2n) is 13.0. The van der Waals surface area contributed by atoms with Gasteiger partial charge in [0, 0.05) is 55.9 Å². The second-order valence-corrected chi connectivity index (χ2v) is 13.0. The van der Waals surface area contributed by atoms with Crippen molar-refractivity contribution in [3.8, 4) is 28.7 Å². The Morgan fingerprint density at radius 3 is 2.62 bits per heavy atom. The van der Waals surface area contributed by atoms with Crippen LogP contribution in [0.2, 0.25) is 0 Å². The van der Waals surface area contributed by atoms with Crippen LogP contribution in [0.1, 0.15) is 24.8 Å². The quantitative estimate of drug-likeness (QED) is 0.280. The van der Waals surface area contributed by atoms with Gasteiger partial charge >= 0.3 is 0 Å². The molecule has 0 radical (unpaired) electrons. The standard InChI is InChI=1S/C36H37N9O3/c1-42-23-37-34(41-42)26-8-6-24(7-9-26)25-12-16-44(17-13-25)32(46)21-43-18-14-36(22-43)15-19-45(35(36)47)27-10-11-29-28(20-27)33(40-39-29)30-4-3-5-31(38-30)48-2/h3-12,20,23H,13-19,21-22H2,1-2H3,(H,39,40)/t36-/m0/s1. The van der Waals surface area contributed by atoms with Crippen molar-refractivity contribution in [3.63, 3.8) is 0 Å². The minimum Gasteiger partial charge on any atom is -0.481 e. The number of methoxy groups -OCH3 is 1. The van der Waals surface area contributed by atoms with Crippen LogP contribution in [0.3, 0.4) is 0 Å². The molecule has 1 atom stereocenters. The summed E-state index contributed by atoms with van der Waals surface area (Å²) in [4.78, 5) is 42.2. The van der Waals surface area contributed by atoms with Crippen molar-refractivity contribution in [3.05, 3.63) is 78.6 Å². The molecule has 0 unspecified atom stereocenters. The molecule has 6 heterocycles. The van der Waals surface area contributed by atoms with Crippen LogP contribution in [-0.2, 0) is 16.6 Å². The van der Waals surface area contributed by atoms with E-state index in [1.807, 2.05) is 59.3 Å². The van der Waals surface area contributed by atoms with Crippen molar-refractivity contribution >= 4 is 34.0 Å². The maximum atomic E-state index is 14.0. The number of carbonyl (C=O) groups excluding carboxylic acids is 2.